The van der Waals surface area contributed by atoms with E-state index in [2.05, 4.69) is 26.6 Å². The van der Waals surface area contributed by atoms with Crippen molar-refractivity contribution in [3.63, 3.8) is 0 Å². The molecule has 1 fully saturated rings. The highest BCUT2D eigenvalue weighted by Crippen LogP contribution is 2.30. The van der Waals surface area contributed by atoms with Gasteiger partial charge in [0.15, 0.2) is 0 Å². The average Bonchev–Trinajstić information content (AvgIpc) is 2.22. The first-order valence-electron chi connectivity index (χ1n) is 5.03. The molecule has 1 aromatic rings. The van der Waals surface area contributed by atoms with Crippen molar-refractivity contribution < 1.29 is 9.18 Å². The van der Waals surface area contributed by atoms with Crippen molar-refractivity contribution in [2.45, 2.75) is 12.5 Å². The van der Waals surface area contributed by atoms with Gasteiger partial charge in [-0.25, -0.2) is 4.39 Å². The molecule has 0 bridgehead atoms. The normalized spacial score (nSPS) is 25.3. The van der Waals surface area contributed by atoms with Crippen molar-refractivity contribution in [2.24, 2.45) is 0 Å². The van der Waals surface area contributed by atoms with E-state index in [0.29, 0.717) is 17.6 Å². The Morgan fingerprint density at radius 2 is 2.19 bits per heavy atom. The fraction of sp³-hybridized carbons (Fsp3) is 0.364. The van der Waals surface area contributed by atoms with E-state index in [1.807, 2.05) is 0 Å². The van der Waals surface area contributed by atoms with E-state index >= 15 is 0 Å². The Bertz CT molecular complexity index is 438. The van der Waals surface area contributed by atoms with E-state index in [1.165, 1.54) is 12.1 Å². The Balaban J connectivity index is 2.45. The summed E-state index contributed by atoms with van der Waals surface area (Å²) in [7, 11) is 0. The molecule has 0 aliphatic carbocycles. The maximum absolute atomic E-state index is 13.0. The number of amides is 1. The van der Waals surface area contributed by atoms with Crippen LogP contribution >= 0.6 is 15.9 Å². The molecule has 1 atom stereocenters. The summed E-state index contributed by atoms with van der Waals surface area (Å²) in [4.78, 5) is 11.9. The lowest BCUT2D eigenvalue weighted by Gasteiger charge is -2.34. The number of carbonyl (C=O) groups is 1. The van der Waals surface area contributed by atoms with Gasteiger partial charge in [0.25, 0.3) is 0 Å². The highest BCUT2D eigenvalue weighted by molar-refractivity contribution is 9.10. The van der Waals surface area contributed by atoms with Crippen LogP contribution in [0.15, 0.2) is 22.7 Å². The lowest BCUT2D eigenvalue weighted by Crippen LogP contribution is -2.59. The van der Waals surface area contributed by atoms with Crippen molar-refractivity contribution >= 4 is 21.8 Å². The van der Waals surface area contributed by atoms with Crippen LogP contribution in [0.1, 0.15) is 12.5 Å². The van der Waals surface area contributed by atoms with E-state index in [1.54, 1.807) is 13.0 Å². The summed E-state index contributed by atoms with van der Waals surface area (Å²) in [6, 6.07) is 4.34. The van der Waals surface area contributed by atoms with Gasteiger partial charge < -0.3 is 5.32 Å². The number of rotatable bonds is 1. The minimum absolute atomic E-state index is 0.0916. The molecule has 1 aliphatic heterocycles. The highest BCUT2D eigenvalue weighted by atomic mass is 79.9. The van der Waals surface area contributed by atoms with Gasteiger partial charge in [-0.05, 0) is 24.6 Å². The van der Waals surface area contributed by atoms with Gasteiger partial charge in [-0.15, -0.1) is 0 Å². The molecule has 3 nitrogen and oxygen atoms in total. The SMILES string of the molecule is CC1(c2ccc(F)cc2Br)NCCNC1=O. The van der Waals surface area contributed by atoms with Crippen molar-refractivity contribution in [1.29, 1.82) is 0 Å². The van der Waals surface area contributed by atoms with Gasteiger partial charge in [-0.1, -0.05) is 22.0 Å². The maximum Gasteiger partial charge on any atom is 0.244 e. The van der Waals surface area contributed by atoms with E-state index in [4.69, 9.17) is 0 Å². The molecule has 0 radical (unpaired) electrons. The molecule has 2 N–H and O–H groups in total. The van der Waals surface area contributed by atoms with Crippen LogP contribution in [0.25, 0.3) is 0 Å². The van der Waals surface area contributed by atoms with Gasteiger partial charge in [0.1, 0.15) is 11.4 Å². The quantitative estimate of drug-likeness (QED) is 0.822. The lowest BCUT2D eigenvalue weighted by molar-refractivity contribution is -0.129. The summed E-state index contributed by atoms with van der Waals surface area (Å²) in [5.41, 5.74) is -0.0591. The summed E-state index contributed by atoms with van der Waals surface area (Å²) < 4.78 is 13.6. The summed E-state index contributed by atoms with van der Waals surface area (Å²) in [6.45, 7) is 3.11. The summed E-state index contributed by atoms with van der Waals surface area (Å²) >= 11 is 3.29. The molecule has 16 heavy (non-hydrogen) atoms. The minimum Gasteiger partial charge on any atom is -0.353 e. The summed E-state index contributed by atoms with van der Waals surface area (Å²) in [5, 5.41) is 5.95. The van der Waals surface area contributed by atoms with Crippen LogP contribution in [0.2, 0.25) is 0 Å². The van der Waals surface area contributed by atoms with Gasteiger partial charge in [0.05, 0.1) is 0 Å². The average molecular weight is 287 g/mol. The molecular weight excluding hydrogens is 275 g/mol. The van der Waals surface area contributed by atoms with Crippen LogP contribution in [0.3, 0.4) is 0 Å². The molecule has 0 aromatic heterocycles. The standard InChI is InChI=1S/C11H12BrFN2O/c1-11(10(16)14-4-5-15-11)8-3-2-7(13)6-9(8)12/h2-3,6,15H,4-5H2,1H3,(H,14,16). The van der Waals surface area contributed by atoms with E-state index in [0.717, 1.165) is 5.56 Å². The van der Waals surface area contributed by atoms with Crippen molar-refractivity contribution in [1.82, 2.24) is 10.6 Å². The molecule has 0 saturated carbocycles. The van der Waals surface area contributed by atoms with Crippen LogP contribution < -0.4 is 10.6 Å². The number of hydrogen-bond donors (Lipinski definition) is 2. The van der Waals surface area contributed by atoms with E-state index < -0.39 is 5.54 Å². The number of hydrogen-bond acceptors (Lipinski definition) is 2. The molecule has 86 valence electrons. The molecule has 0 spiro atoms. The first-order chi connectivity index (χ1) is 7.54. The Morgan fingerprint density at radius 1 is 1.44 bits per heavy atom. The third-order valence-electron chi connectivity index (χ3n) is 2.81. The Labute approximate surface area is 102 Å². The van der Waals surface area contributed by atoms with Gasteiger partial charge in [0.2, 0.25) is 5.91 Å². The third-order valence-corrected chi connectivity index (χ3v) is 3.47. The van der Waals surface area contributed by atoms with Gasteiger partial charge in [-0.2, -0.15) is 0 Å². The van der Waals surface area contributed by atoms with Crippen LogP contribution in [0.4, 0.5) is 4.39 Å². The van der Waals surface area contributed by atoms with Crippen molar-refractivity contribution in [3.05, 3.63) is 34.1 Å². The highest BCUT2D eigenvalue weighted by Gasteiger charge is 2.38. The van der Waals surface area contributed by atoms with Crippen molar-refractivity contribution in [2.75, 3.05) is 13.1 Å². The first-order valence-corrected chi connectivity index (χ1v) is 5.82. The fourth-order valence-electron chi connectivity index (χ4n) is 1.86. The summed E-state index contributed by atoms with van der Waals surface area (Å²) in [5.74, 6) is -0.415. The molecule has 1 saturated heterocycles. The topological polar surface area (TPSA) is 41.1 Å². The zero-order valence-corrected chi connectivity index (χ0v) is 10.4. The van der Waals surface area contributed by atoms with Gasteiger partial charge >= 0.3 is 0 Å². The largest absolute Gasteiger partial charge is 0.353 e. The number of benzene rings is 1. The smallest absolute Gasteiger partial charge is 0.244 e. The minimum atomic E-state index is -0.801. The van der Waals surface area contributed by atoms with E-state index in [9.17, 15) is 9.18 Å². The fourth-order valence-corrected chi connectivity index (χ4v) is 2.61. The van der Waals surface area contributed by atoms with Crippen molar-refractivity contribution in [3.8, 4) is 0 Å². The van der Waals surface area contributed by atoms with Gasteiger partial charge in [0, 0.05) is 17.6 Å². The van der Waals surface area contributed by atoms with Crippen LogP contribution in [0, 0.1) is 5.82 Å². The molecule has 5 heteroatoms. The Kier molecular flexibility index (Phi) is 2.99. The molecule has 1 heterocycles. The number of nitrogens with one attached hydrogen (secondary N) is 2. The maximum atomic E-state index is 13.0. The monoisotopic (exact) mass is 286 g/mol. The Hall–Kier alpha value is -0.940. The van der Waals surface area contributed by atoms with E-state index in [-0.39, 0.29) is 11.7 Å². The van der Waals surface area contributed by atoms with Crippen LogP contribution in [-0.4, -0.2) is 19.0 Å². The predicted molar refractivity (Wildman–Crippen MR) is 62.5 cm³/mol. The predicted octanol–water partition coefficient (Wildman–Crippen LogP) is 1.52. The second kappa shape index (κ2) is 4.14. The first kappa shape index (κ1) is 11.5. The number of carbonyl (C=O) groups excluding carboxylic acids is 1. The second-order valence-corrected chi connectivity index (χ2v) is 4.79. The zero-order valence-electron chi connectivity index (χ0n) is 8.81. The van der Waals surface area contributed by atoms with Crippen LogP contribution in [0.5, 0.6) is 0 Å². The number of halogens is 2. The summed E-state index contributed by atoms with van der Waals surface area (Å²) in [6.07, 6.45) is 0. The molecule has 1 amide bonds. The molecule has 1 aromatic carbocycles. The van der Waals surface area contributed by atoms with Gasteiger partial charge in [-0.3, -0.25) is 10.1 Å². The molecule has 1 aliphatic rings. The third kappa shape index (κ3) is 1.85. The molecule has 2 rings (SSSR count). The zero-order chi connectivity index (χ0) is 11.8. The Morgan fingerprint density at radius 3 is 2.81 bits per heavy atom. The molecular formula is C11H12BrFN2O. The lowest BCUT2D eigenvalue weighted by atomic mass is 9.89. The second-order valence-electron chi connectivity index (χ2n) is 3.93. The number of piperazine rings is 1. The molecule has 1 unspecified atom stereocenters. The van der Waals surface area contributed by atoms with Crippen LogP contribution in [-0.2, 0) is 10.3 Å².